The molecule has 2 rings (SSSR count). The minimum Gasteiger partial charge on any atom is -0.645 e. The Labute approximate surface area is 263 Å². The van der Waals surface area contributed by atoms with Crippen molar-refractivity contribution >= 4 is 41.5 Å². The monoisotopic (exact) mass is 766 g/mol. The molecule has 0 aromatic heterocycles. The van der Waals surface area contributed by atoms with Crippen LogP contribution >= 0.6 is 11.9 Å². The van der Waals surface area contributed by atoms with Crippen molar-refractivity contribution in [3.8, 4) is 0 Å². The summed E-state index contributed by atoms with van der Waals surface area (Å²) in [4.78, 5) is 67.2. The first-order valence-corrected chi connectivity index (χ1v) is 16.0. The van der Waals surface area contributed by atoms with Crippen LogP contribution in [0.15, 0.2) is 0 Å². The van der Waals surface area contributed by atoms with Crippen LogP contribution in [-0.2, 0) is 49.9 Å². The van der Waals surface area contributed by atoms with Gasteiger partial charge in [0, 0.05) is 46.9 Å². The molecule has 41 heavy (non-hydrogen) atoms. The van der Waals surface area contributed by atoms with Crippen molar-refractivity contribution in [2.45, 2.75) is 122 Å². The number of unbranched alkanes of at least 4 members (excludes halogenated alkanes) is 12. The van der Waals surface area contributed by atoms with Gasteiger partial charge in [-0.25, -0.2) is 4.79 Å². The Hall–Kier alpha value is -1.49. The van der Waals surface area contributed by atoms with E-state index in [1.165, 1.54) is 44.9 Å². The zero-order valence-electron chi connectivity index (χ0n) is 24.6. The maximum absolute atomic E-state index is 12.5. The van der Waals surface area contributed by atoms with Crippen LogP contribution in [0.2, 0.25) is 0 Å². The van der Waals surface area contributed by atoms with Gasteiger partial charge in [0.25, 0.3) is 11.8 Å². The molecule has 0 radical (unpaired) electrons. The number of hydrogen-bond donors (Lipinski definition) is 1. The molecule has 0 spiro atoms. The van der Waals surface area contributed by atoms with Crippen LogP contribution < -0.4 is 5.14 Å². The maximum Gasteiger partial charge on any atom is 0.333 e. The Bertz CT molecular complexity index is 820. The molecule has 0 saturated carbocycles. The van der Waals surface area contributed by atoms with E-state index in [0.29, 0.717) is 30.6 Å². The quantitative estimate of drug-likeness (QED) is 0.0531. The van der Waals surface area contributed by atoms with Crippen molar-refractivity contribution < 1.29 is 49.9 Å². The van der Waals surface area contributed by atoms with Crippen molar-refractivity contribution in [3.63, 3.8) is 0 Å². The van der Waals surface area contributed by atoms with E-state index in [1.54, 1.807) is 9.80 Å². The summed E-state index contributed by atoms with van der Waals surface area (Å²) in [5, 5.41) is 10.6. The Balaban J connectivity index is 0.00000840. The van der Waals surface area contributed by atoms with Gasteiger partial charge in [-0.15, -0.1) is 11.6 Å². The molecule has 234 valence electrons. The molecular formula is C28H48N5O6SW-. The van der Waals surface area contributed by atoms with E-state index in [0.717, 1.165) is 50.6 Å². The van der Waals surface area contributed by atoms with Gasteiger partial charge in [-0.05, 0) is 13.3 Å². The van der Waals surface area contributed by atoms with E-state index < -0.39 is 17.8 Å². The van der Waals surface area contributed by atoms with Gasteiger partial charge in [-0.3, -0.25) is 24.3 Å². The van der Waals surface area contributed by atoms with Gasteiger partial charge < -0.3 is 20.0 Å². The number of hydrogen-bond acceptors (Lipinski definition) is 8. The van der Waals surface area contributed by atoms with Gasteiger partial charge in [0.05, 0.1) is 12.3 Å². The Kier molecular flexibility index (Phi) is 20.2. The number of rotatable bonds is 23. The number of nitrogens with two attached hydrogens (primary N) is 1. The van der Waals surface area contributed by atoms with E-state index in [1.807, 2.05) is 6.92 Å². The van der Waals surface area contributed by atoms with E-state index in [-0.39, 0.29) is 64.6 Å². The van der Waals surface area contributed by atoms with Crippen LogP contribution in [-0.4, -0.2) is 76.1 Å². The van der Waals surface area contributed by atoms with Crippen LogP contribution in [0.4, 0.5) is 0 Å². The average molecular weight is 767 g/mol. The number of amides is 4. The molecule has 11 nitrogen and oxygen atoms in total. The third kappa shape index (κ3) is 14.0. The largest absolute Gasteiger partial charge is 0.645 e. The number of carbonyl (C=O) groups is 5. The van der Waals surface area contributed by atoms with Crippen molar-refractivity contribution in [2.24, 2.45) is 5.14 Å². The molecule has 4 amide bonds. The standard InChI is InChI=1S/C28H48N5O6S.W/c1-2-31(22-40-29)28(38)23-20-26(36)32(23)21-30-19-15-13-11-9-7-5-3-4-6-8-10-12-14-16-27(37)39-33-24(34)17-18-25(33)35;/h23H,2-22,29H2,1H3;/q-1;. The fourth-order valence-corrected chi connectivity index (χ4v) is 5.37. The van der Waals surface area contributed by atoms with Gasteiger partial charge >= 0.3 is 5.97 Å². The smallest absolute Gasteiger partial charge is 0.333 e. The summed E-state index contributed by atoms with van der Waals surface area (Å²) in [6.07, 6.45) is 15.4. The number of imide groups is 1. The number of hydroxylamine groups is 2. The topological polar surface area (TPSA) is 144 Å². The first-order valence-electron chi connectivity index (χ1n) is 15.0. The molecular weight excluding hydrogens is 718 g/mol. The number of likely N-dealkylation sites (tertiary alicyclic amines) is 1. The first kappa shape index (κ1) is 37.5. The van der Waals surface area contributed by atoms with E-state index in [2.05, 4.69) is 5.32 Å². The van der Waals surface area contributed by atoms with Crippen LogP contribution in [0.25, 0.3) is 5.32 Å². The minimum absolute atomic E-state index is 0. The number of carbonyl (C=O) groups excluding carboxylic acids is 5. The van der Waals surface area contributed by atoms with Crippen molar-refractivity contribution in [1.82, 2.24) is 14.9 Å². The zero-order chi connectivity index (χ0) is 29.2. The van der Waals surface area contributed by atoms with Crippen LogP contribution in [0.3, 0.4) is 0 Å². The second kappa shape index (κ2) is 22.1. The summed E-state index contributed by atoms with van der Waals surface area (Å²) in [5.41, 5.74) is 0. The molecule has 2 aliphatic rings. The zero-order valence-corrected chi connectivity index (χ0v) is 28.3. The van der Waals surface area contributed by atoms with Gasteiger partial charge in [-0.2, -0.15) is 0 Å². The first-order chi connectivity index (χ1) is 19.4. The molecule has 0 aromatic rings. The second-order valence-corrected chi connectivity index (χ2v) is 11.1. The van der Waals surface area contributed by atoms with Crippen LogP contribution in [0.5, 0.6) is 0 Å². The van der Waals surface area contributed by atoms with Crippen molar-refractivity contribution in [3.05, 3.63) is 5.32 Å². The summed E-state index contributed by atoms with van der Waals surface area (Å²) in [6, 6.07) is -0.387. The van der Waals surface area contributed by atoms with E-state index in [9.17, 15) is 24.0 Å². The average Bonchev–Trinajstić information content (AvgIpc) is 3.25. The Morgan fingerprint density at radius 2 is 1.39 bits per heavy atom. The predicted octanol–water partition coefficient (Wildman–Crippen LogP) is 4.40. The Morgan fingerprint density at radius 1 is 0.878 bits per heavy atom. The molecule has 2 N–H and O–H groups in total. The third-order valence-electron chi connectivity index (χ3n) is 7.42. The summed E-state index contributed by atoms with van der Waals surface area (Å²) >= 11 is 1.11. The Morgan fingerprint density at radius 3 is 1.88 bits per heavy atom. The maximum atomic E-state index is 12.5. The van der Waals surface area contributed by atoms with Crippen molar-refractivity contribution in [2.75, 3.05) is 25.6 Å². The predicted molar refractivity (Wildman–Crippen MR) is 154 cm³/mol. The molecule has 2 fully saturated rings. The second-order valence-electron chi connectivity index (χ2n) is 10.6. The molecule has 2 saturated heterocycles. The fourth-order valence-electron chi connectivity index (χ4n) is 4.88. The van der Waals surface area contributed by atoms with E-state index >= 15 is 0 Å². The van der Waals surface area contributed by atoms with Crippen LogP contribution in [0, 0.1) is 0 Å². The van der Waals surface area contributed by atoms with E-state index in [4.69, 9.17) is 9.98 Å². The molecule has 2 aliphatic heterocycles. The van der Waals surface area contributed by atoms with Gasteiger partial charge in [0.1, 0.15) is 6.04 Å². The summed E-state index contributed by atoms with van der Waals surface area (Å²) in [6.45, 7) is 3.51. The van der Waals surface area contributed by atoms with Gasteiger partial charge in [0.2, 0.25) is 11.8 Å². The molecule has 2 heterocycles. The van der Waals surface area contributed by atoms with Gasteiger partial charge in [0.15, 0.2) is 0 Å². The SMILES string of the molecule is CCN(CSN)C(=O)C1CC(=O)N1C[N-]CCCCCCCCCCCCCCCC(=O)ON1C(=O)CCC1=O.[W]. The summed E-state index contributed by atoms with van der Waals surface area (Å²) < 4.78 is 0. The molecule has 0 bridgehead atoms. The number of β-lactam (4-membered cyclic amide) rings is 1. The molecule has 13 heteroatoms. The number of nitrogens with zero attached hydrogens (tertiary/aromatic N) is 4. The third-order valence-corrected chi connectivity index (χ3v) is 7.88. The molecule has 0 aromatic carbocycles. The van der Waals surface area contributed by atoms with Gasteiger partial charge in [-0.1, -0.05) is 95.7 Å². The summed E-state index contributed by atoms with van der Waals surface area (Å²) in [5.74, 6) is -0.994. The molecule has 1 atom stereocenters. The molecule has 0 aliphatic carbocycles. The van der Waals surface area contributed by atoms with Crippen molar-refractivity contribution in [1.29, 1.82) is 0 Å². The summed E-state index contributed by atoms with van der Waals surface area (Å²) in [7, 11) is 0. The molecule has 1 unspecified atom stereocenters. The normalized spacial score (nSPS) is 16.5. The fraction of sp³-hybridized carbons (Fsp3) is 0.821. The van der Waals surface area contributed by atoms with Crippen LogP contribution in [0.1, 0.15) is 116 Å². The minimum atomic E-state index is -0.510. The number of likely N-dealkylation sites (N-methyl/N-ethyl adjacent to an activating group) is 1.